The smallest absolute Gasteiger partial charge is 0.202 e. The SMILES string of the molecule is CC1=C(c2nnn(C)n2)CN(C)CC1. The molecule has 0 fully saturated rings. The first-order chi connectivity index (χ1) is 6.66. The Morgan fingerprint density at radius 1 is 1.29 bits per heavy atom. The molecule has 1 aliphatic heterocycles. The van der Waals surface area contributed by atoms with Crippen molar-refractivity contribution in [2.75, 3.05) is 20.1 Å². The molecule has 0 aromatic carbocycles. The lowest BCUT2D eigenvalue weighted by atomic mass is 10.0. The molecule has 2 rings (SSSR count). The Morgan fingerprint density at radius 2 is 2.07 bits per heavy atom. The third-order valence-electron chi connectivity index (χ3n) is 2.59. The predicted octanol–water partition coefficient (Wildman–Crippen LogP) is 0.319. The third kappa shape index (κ3) is 1.68. The van der Waals surface area contributed by atoms with Crippen molar-refractivity contribution in [2.24, 2.45) is 7.05 Å². The van der Waals surface area contributed by atoms with Crippen molar-refractivity contribution in [3.05, 3.63) is 11.4 Å². The first-order valence-corrected chi connectivity index (χ1v) is 4.78. The van der Waals surface area contributed by atoms with E-state index in [1.807, 2.05) is 0 Å². The van der Waals surface area contributed by atoms with Gasteiger partial charge in [-0.05, 0) is 25.6 Å². The number of aromatic nitrogens is 4. The van der Waals surface area contributed by atoms with Crippen LogP contribution in [0.25, 0.3) is 5.57 Å². The maximum absolute atomic E-state index is 4.23. The highest BCUT2D eigenvalue weighted by Gasteiger charge is 2.18. The number of rotatable bonds is 1. The van der Waals surface area contributed by atoms with Gasteiger partial charge >= 0.3 is 0 Å². The quantitative estimate of drug-likeness (QED) is 0.644. The molecule has 1 aromatic rings. The molecule has 0 spiro atoms. The van der Waals surface area contributed by atoms with E-state index < -0.39 is 0 Å². The summed E-state index contributed by atoms with van der Waals surface area (Å²) in [6, 6.07) is 0. The van der Waals surface area contributed by atoms with Gasteiger partial charge in [-0.15, -0.1) is 10.2 Å². The highest BCUT2D eigenvalue weighted by Crippen LogP contribution is 2.22. The minimum absolute atomic E-state index is 0.775. The summed E-state index contributed by atoms with van der Waals surface area (Å²) >= 11 is 0. The molecule has 0 atom stereocenters. The van der Waals surface area contributed by atoms with Crippen LogP contribution < -0.4 is 0 Å². The van der Waals surface area contributed by atoms with Gasteiger partial charge in [0.15, 0.2) is 0 Å². The molecule has 1 aromatic heterocycles. The van der Waals surface area contributed by atoms with Gasteiger partial charge in [-0.2, -0.15) is 4.80 Å². The standard InChI is InChI=1S/C9H15N5/c1-7-4-5-13(2)6-8(7)9-10-12-14(3)11-9/h4-6H2,1-3H3. The van der Waals surface area contributed by atoms with E-state index in [0.29, 0.717) is 0 Å². The Hall–Kier alpha value is -1.23. The lowest BCUT2D eigenvalue weighted by Crippen LogP contribution is -2.27. The molecular weight excluding hydrogens is 178 g/mol. The van der Waals surface area contributed by atoms with Gasteiger partial charge in [-0.25, -0.2) is 0 Å². The number of aryl methyl sites for hydroxylation is 1. The van der Waals surface area contributed by atoms with E-state index in [0.717, 1.165) is 25.3 Å². The second-order valence-electron chi connectivity index (χ2n) is 3.85. The molecule has 14 heavy (non-hydrogen) atoms. The van der Waals surface area contributed by atoms with Crippen molar-refractivity contribution < 1.29 is 0 Å². The van der Waals surface area contributed by atoms with Gasteiger partial charge in [0.1, 0.15) is 0 Å². The van der Waals surface area contributed by atoms with Crippen LogP contribution in [0.4, 0.5) is 0 Å². The van der Waals surface area contributed by atoms with Crippen LogP contribution in [0, 0.1) is 0 Å². The Labute approximate surface area is 83.4 Å². The molecule has 5 heteroatoms. The number of hydrogen-bond donors (Lipinski definition) is 0. The van der Waals surface area contributed by atoms with E-state index in [4.69, 9.17) is 0 Å². The monoisotopic (exact) mass is 193 g/mol. The lowest BCUT2D eigenvalue weighted by Gasteiger charge is -2.24. The molecule has 0 N–H and O–H groups in total. The van der Waals surface area contributed by atoms with E-state index in [2.05, 4.69) is 34.3 Å². The number of tetrazole rings is 1. The van der Waals surface area contributed by atoms with Crippen LogP contribution >= 0.6 is 0 Å². The average Bonchev–Trinajstić information content (AvgIpc) is 2.56. The molecule has 0 unspecified atom stereocenters. The number of hydrogen-bond acceptors (Lipinski definition) is 4. The fraction of sp³-hybridized carbons (Fsp3) is 0.667. The van der Waals surface area contributed by atoms with Gasteiger partial charge in [-0.3, -0.25) is 0 Å². The minimum Gasteiger partial charge on any atom is -0.302 e. The maximum Gasteiger partial charge on any atom is 0.202 e. The van der Waals surface area contributed by atoms with Crippen molar-refractivity contribution in [1.82, 2.24) is 25.1 Å². The summed E-state index contributed by atoms with van der Waals surface area (Å²) in [6.07, 6.45) is 1.10. The van der Waals surface area contributed by atoms with Gasteiger partial charge < -0.3 is 4.90 Å². The fourth-order valence-electron chi connectivity index (χ4n) is 1.66. The molecule has 76 valence electrons. The summed E-state index contributed by atoms with van der Waals surface area (Å²) in [5, 5.41) is 12.1. The molecule has 5 nitrogen and oxygen atoms in total. The van der Waals surface area contributed by atoms with Crippen molar-refractivity contribution in [1.29, 1.82) is 0 Å². The van der Waals surface area contributed by atoms with Crippen LogP contribution in [-0.2, 0) is 7.05 Å². The molecule has 0 bridgehead atoms. The maximum atomic E-state index is 4.23. The Bertz CT molecular complexity index is 365. The zero-order chi connectivity index (χ0) is 10.1. The van der Waals surface area contributed by atoms with E-state index in [9.17, 15) is 0 Å². The van der Waals surface area contributed by atoms with Gasteiger partial charge in [0.2, 0.25) is 5.82 Å². The summed E-state index contributed by atoms with van der Waals surface area (Å²) in [4.78, 5) is 3.78. The van der Waals surface area contributed by atoms with Crippen LogP contribution in [0.15, 0.2) is 5.57 Å². The molecule has 0 amide bonds. The summed E-state index contributed by atoms with van der Waals surface area (Å²) in [5.74, 6) is 0.775. The predicted molar refractivity (Wildman–Crippen MR) is 53.5 cm³/mol. The first kappa shape index (κ1) is 9.33. The van der Waals surface area contributed by atoms with E-state index >= 15 is 0 Å². The summed E-state index contributed by atoms with van der Waals surface area (Å²) < 4.78 is 0. The number of nitrogens with zero attached hydrogens (tertiary/aromatic N) is 5. The van der Waals surface area contributed by atoms with Gasteiger partial charge in [0.25, 0.3) is 0 Å². The Morgan fingerprint density at radius 3 is 2.71 bits per heavy atom. The average molecular weight is 193 g/mol. The second-order valence-corrected chi connectivity index (χ2v) is 3.85. The van der Waals surface area contributed by atoms with E-state index in [1.165, 1.54) is 15.9 Å². The normalized spacial score (nSPS) is 19.1. The van der Waals surface area contributed by atoms with Crippen LogP contribution in [0.5, 0.6) is 0 Å². The lowest BCUT2D eigenvalue weighted by molar-refractivity contribution is 0.366. The first-order valence-electron chi connectivity index (χ1n) is 4.78. The zero-order valence-electron chi connectivity index (χ0n) is 8.86. The largest absolute Gasteiger partial charge is 0.302 e. The Kier molecular flexibility index (Phi) is 2.33. The van der Waals surface area contributed by atoms with Gasteiger partial charge in [0.05, 0.1) is 7.05 Å². The van der Waals surface area contributed by atoms with E-state index in [1.54, 1.807) is 7.05 Å². The molecule has 1 aliphatic rings. The molecule has 2 heterocycles. The van der Waals surface area contributed by atoms with Crippen LogP contribution in [0.1, 0.15) is 19.2 Å². The second kappa shape index (κ2) is 3.49. The summed E-state index contributed by atoms with van der Waals surface area (Å²) in [5.41, 5.74) is 2.61. The molecule has 0 aliphatic carbocycles. The number of likely N-dealkylation sites (N-methyl/N-ethyl adjacent to an activating group) is 1. The van der Waals surface area contributed by atoms with Crippen LogP contribution in [-0.4, -0.2) is 45.2 Å². The van der Waals surface area contributed by atoms with Gasteiger partial charge in [0, 0.05) is 18.7 Å². The van der Waals surface area contributed by atoms with Crippen LogP contribution in [0.3, 0.4) is 0 Å². The Balaban J connectivity index is 2.32. The third-order valence-corrected chi connectivity index (χ3v) is 2.59. The molecular formula is C9H15N5. The van der Waals surface area contributed by atoms with Crippen molar-refractivity contribution in [2.45, 2.75) is 13.3 Å². The van der Waals surface area contributed by atoms with Crippen molar-refractivity contribution >= 4 is 5.57 Å². The van der Waals surface area contributed by atoms with Crippen molar-refractivity contribution in [3.63, 3.8) is 0 Å². The fourth-order valence-corrected chi connectivity index (χ4v) is 1.66. The molecule has 0 saturated carbocycles. The van der Waals surface area contributed by atoms with Crippen molar-refractivity contribution in [3.8, 4) is 0 Å². The summed E-state index contributed by atoms with van der Waals surface area (Å²) in [7, 11) is 3.90. The highest BCUT2D eigenvalue weighted by atomic mass is 15.6. The minimum atomic E-state index is 0.775. The van der Waals surface area contributed by atoms with Crippen LogP contribution in [0.2, 0.25) is 0 Å². The van der Waals surface area contributed by atoms with E-state index in [-0.39, 0.29) is 0 Å². The topological polar surface area (TPSA) is 46.8 Å². The molecule has 0 saturated heterocycles. The highest BCUT2D eigenvalue weighted by molar-refractivity contribution is 5.64. The molecule has 0 radical (unpaired) electrons. The van der Waals surface area contributed by atoms with Gasteiger partial charge in [-0.1, -0.05) is 5.57 Å². The summed E-state index contributed by atoms with van der Waals surface area (Å²) in [6.45, 7) is 4.20. The zero-order valence-corrected chi connectivity index (χ0v) is 8.86.